The zero-order valence-corrected chi connectivity index (χ0v) is 12.2. The Kier molecular flexibility index (Phi) is 5.77. The number of benzene rings is 2. The summed E-state index contributed by atoms with van der Waals surface area (Å²) in [4.78, 5) is 1.10. The van der Waals surface area contributed by atoms with E-state index in [1.165, 1.54) is 5.56 Å². The first-order chi connectivity index (χ1) is 9.24. The molecule has 3 heteroatoms. The molecule has 2 aromatic rings. The van der Waals surface area contributed by atoms with Gasteiger partial charge in [-0.05, 0) is 36.6 Å². The Morgan fingerprint density at radius 1 is 1.05 bits per heavy atom. The Labute approximate surface area is 123 Å². The second kappa shape index (κ2) is 7.59. The molecule has 100 valence electrons. The van der Waals surface area contributed by atoms with E-state index in [-0.39, 0.29) is 6.10 Å². The number of aliphatic hydroxyl groups is 1. The van der Waals surface area contributed by atoms with Crippen LogP contribution >= 0.6 is 23.4 Å². The molecule has 0 aliphatic heterocycles. The lowest BCUT2D eigenvalue weighted by Gasteiger charge is -2.10. The molecule has 0 aromatic heterocycles. The summed E-state index contributed by atoms with van der Waals surface area (Å²) in [6.07, 6.45) is 1.42. The van der Waals surface area contributed by atoms with Crippen LogP contribution in [-0.2, 0) is 6.42 Å². The number of thioether (sulfide) groups is 1. The van der Waals surface area contributed by atoms with E-state index in [0.29, 0.717) is 5.75 Å². The Hall–Kier alpha value is -0.960. The fourth-order valence-electron chi connectivity index (χ4n) is 1.81. The SMILES string of the molecule is OC(CCc1ccccc1)CSc1cccc(Cl)c1. The van der Waals surface area contributed by atoms with Crippen molar-refractivity contribution in [2.24, 2.45) is 0 Å². The summed E-state index contributed by atoms with van der Waals surface area (Å²) in [5.41, 5.74) is 1.27. The molecule has 1 nitrogen and oxygen atoms in total. The lowest BCUT2D eigenvalue weighted by Crippen LogP contribution is -2.10. The highest BCUT2D eigenvalue weighted by atomic mass is 35.5. The molecule has 0 heterocycles. The van der Waals surface area contributed by atoms with Crippen molar-refractivity contribution in [2.45, 2.75) is 23.8 Å². The van der Waals surface area contributed by atoms with Crippen LogP contribution in [0.25, 0.3) is 0 Å². The average Bonchev–Trinajstić information content (AvgIpc) is 2.44. The monoisotopic (exact) mass is 292 g/mol. The minimum absolute atomic E-state index is 0.288. The maximum absolute atomic E-state index is 9.99. The molecule has 0 bridgehead atoms. The van der Waals surface area contributed by atoms with Crippen LogP contribution in [-0.4, -0.2) is 17.0 Å². The van der Waals surface area contributed by atoms with Crippen molar-refractivity contribution in [3.8, 4) is 0 Å². The maximum Gasteiger partial charge on any atom is 0.0637 e. The number of aryl methyl sites for hydroxylation is 1. The minimum atomic E-state index is -0.288. The van der Waals surface area contributed by atoms with Gasteiger partial charge in [0, 0.05) is 15.7 Å². The molecule has 1 atom stereocenters. The topological polar surface area (TPSA) is 20.2 Å². The second-order valence-corrected chi connectivity index (χ2v) is 5.98. The van der Waals surface area contributed by atoms with Gasteiger partial charge < -0.3 is 5.11 Å². The average molecular weight is 293 g/mol. The van der Waals surface area contributed by atoms with Crippen molar-refractivity contribution >= 4 is 23.4 Å². The third-order valence-electron chi connectivity index (χ3n) is 2.85. The zero-order chi connectivity index (χ0) is 13.5. The first-order valence-corrected chi connectivity index (χ1v) is 7.71. The second-order valence-electron chi connectivity index (χ2n) is 4.45. The molecule has 2 rings (SSSR count). The van der Waals surface area contributed by atoms with Crippen LogP contribution in [0.1, 0.15) is 12.0 Å². The third-order valence-corrected chi connectivity index (χ3v) is 4.22. The zero-order valence-electron chi connectivity index (χ0n) is 10.6. The van der Waals surface area contributed by atoms with E-state index >= 15 is 0 Å². The van der Waals surface area contributed by atoms with E-state index in [1.807, 2.05) is 42.5 Å². The molecule has 0 amide bonds. The summed E-state index contributed by atoms with van der Waals surface area (Å²) in [7, 11) is 0. The smallest absolute Gasteiger partial charge is 0.0637 e. The Morgan fingerprint density at radius 3 is 2.58 bits per heavy atom. The van der Waals surface area contributed by atoms with Crippen molar-refractivity contribution in [1.82, 2.24) is 0 Å². The molecule has 0 saturated heterocycles. The molecule has 1 N–H and O–H groups in total. The summed E-state index contributed by atoms with van der Waals surface area (Å²) >= 11 is 7.57. The maximum atomic E-state index is 9.99. The largest absolute Gasteiger partial charge is 0.392 e. The van der Waals surface area contributed by atoms with Crippen LogP contribution in [0.15, 0.2) is 59.5 Å². The summed E-state index contributed by atoms with van der Waals surface area (Å²) in [6.45, 7) is 0. The molecule has 0 aliphatic rings. The fraction of sp³-hybridized carbons (Fsp3) is 0.250. The van der Waals surface area contributed by atoms with Gasteiger partial charge >= 0.3 is 0 Å². The van der Waals surface area contributed by atoms with Gasteiger partial charge in [-0.2, -0.15) is 0 Å². The van der Waals surface area contributed by atoms with E-state index in [2.05, 4.69) is 12.1 Å². The van der Waals surface area contributed by atoms with Crippen molar-refractivity contribution in [3.63, 3.8) is 0 Å². The van der Waals surface area contributed by atoms with Gasteiger partial charge in [0.25, 0.3) is 0 Å². The van der Waals surface area contributed by atoms with Crippen LogP contribution in [0.5, 0.6) is 0 Å². The highest BCUT2D eigenvalue weighted by molar-refractivity contribution is 7.99. The van der Waals surface area contributed by atoms with Crippen LogP contribution in [0, 0.1) is 0 Å². The van der Waals surface area contributed by atoms with Crippen LogP contribution < -0.4 is 0 Å². The lowest BCUT2D eigenvalue weighted by molar-refractivity contribution is 0.189. The van der Waals surface area contributed by atoms with E-state index in [4.69, 9.17) is 11.6 Å². The predicted molar refractivity (Wildman–Crippen MR) is 82.9 cm³/mol. The molecule has 0 aliphatic carbocycles. The van der Waals surface area contributed by atoms with Crippen molar-refractivity contribution in [2.75, 3.05) is 5.75 Å². The van der Waals surface area contributed by atoms with E-state index < -0.39 is 0 Å². The molecule has 1 unspecified atom stereocenters. The van der Waals surface area contributed by atoms with Gasteiger partial charge in [-0.15, -0.1) is 11.8 Å². The number of hydrogen-bond acceptors (Lipinski definition) is 2. The van der Waals surface area contributed by atoms with Gasteiger partial charge in [0.1, 0.15) is 0 Å². The first-order valence-electron chi connectivity index (χ1n) is 6.34. The normalized spacial score (nSPS) is 12.3. The van der Waals surface area contributed by atoms with E-state index in [0.717, 1.165) is 22.8 Å². The van der Waals surface area contributed by atoms with Gasteiger partial charge in [-0.25, -0.2) is 0 Å². The molecular weight excluding hydrogens is 276 g/mol. The van der Waals surface area contributed by atoms with Crippen LogP contribution in [0.4, 0.5) is 0 Å². The highest BCUT2D eigenvalue weighted by Gasteiger charge is 2.06. The van der Waals surface area contributed by atoms with Crippen molar-refractivity contribution < 1.29 is 5.11 Å². The Balaban J connectivity index is 1.74. The molecule has 0 spiro atoms. The molecule has 0 radical (unpaired) electrons. The summed E-state index contributed by atoms with van der Waals surface area (Å²) in [6, 6.07) is 18.0. The Bertz CT molecular complexity index is 501. The number of hydrogen-bond donors (Lipinski definition) is 1. The number of rotatable bonds is 6. The van der Waals surface area contributed by atoms with Crippen LogP contribution in [0.2, 0.25) is 5.02 Å². The van der Waals surface area contributed by atoms with Gasteiger partial charge in [0.05, 0.1) is 6.10 Å². The predicted octanol–water partition coefficient (Wildman–Crippen LogP) is 4.43. The minimum Gasteiger partial charge on any atom is -0.392 e. The molecule has 0 fully saturated rings. The van der Waals surface area contributed by atoms with Gasteiger partial charge in [0.2, 0.25) is 0 Å². The summed E-state index contributed by atoms with van der Waals surface area (Å²) < 4.78 is 0. The molecular formula is C16H17ClOS. The highest BCUT2D eigenvalue weighted by Crippen LogP contribution is 2.23. The molecule has 0 saturated carbocycles. The summed E-state index contributed by atoms with van der Waals surface area (Å²) in [5, 5.41) is 10.7. The molecule has 2 aromatic carbocycles. The van der Waals surface area contributed by atoms with E-state index in [9.17, 15) is 5.11 Å². The van der Waals surface area contributed by atoms with Crippen molar-refractivity contribution in [3.05, 3.63) is 65.2 Å². The fourth-order valence-corrected chi connectivity index (χ4v) is 3.00. The van der Waals surface area contributed by atoms with E-state index in [1.54, 1.807) is 11.8 Å². The Morgan fingerprint density at radius 2 is 1.84 bits per heavy atom. The lowest BCUT2D eigenvalue weighted by atomic mass is 10.1. The third kappa shape index (κ3) is 5.27. The molecule has 19 heavy (non-hydrogen) atoms. The number of halogens is 1. The first kappa shape index (κ1) is 14.4. The van der Waals surface area contributed by atoms with Gasteiger partial charge in [0.15, 0.2) is 0 Å². The van der Waals surface area contributed by atoms with Crippen molar-refractivity contribution in [1.29, 1.82) is 0 Å². The van der Waals surface area contributed by atoms with Crippen LogP contribution in [0.3, 0.4) is 0 Å². The quantitative estimate of drug-likeness (QED) is 0.795. The van der Waals surface area contributed by atoms with Gasteiger partial charge in [-0.1, -0.05) is 48.0 Å². The summed E-state index contributed by atoms with van der Waals surface area (Å²) in [5.74, 6) is 0.702. The standard InChI is InChI=1S/C16H17ClOS/c17-14-7-4-8-16(11-14)19-12-15(18)10-9-13-5-2-1-3-6-13/h1-8,11,15,18H,9-10,12H2. The van der Waals surface area contributed by atoms with Gasteiger partial charge in [-0.3, -0.25) is 0 Å². The number of aliphatic hydroxyl groups excluding tert-OH is 1.